The fraction of sp³-hybridized carbons (Fsp3) is 0.400. The van der Waals surface area contributed by atoms with Crippen LogP contribution in [0.15, 0.2) is 47.1 Å². The van der Waals surface area contributed by atoms with Crippen molar-refractivity contribution >= 4 is 11.9 Å². The van der Waals surface area contributed by atoms with Crippen LogP contribution in [0.3, 0.4) is 0 Å². The van der Waals surface area contributed by atoms with E-state index in [4.69, 9.17) is 9.15 Å². The van der Waals surface area contributed by atoms with Gasteiger partial charge in [-0.05, 0) is 30.7 Å². The SMILES string of the molecule is COc1ccc(CN2CCc3oc(C)c(C(=O)N4CCN(c5ncccn5)CC4)c3C2)cc1. The first-order chi connectivity index (χ1) is 16.1. The summed E-state index contributed by atoms with van der Waals surface area (Å²) in [5.74, 6) is 3.33. The lowest BCUT2D eigenvalue weighted by Gasteiger charge is -2.35. The number of piperazine rings is 1. The van der Waals surface area contributed by atoms with Crippen LogP contribution in [0.4, 0.5) is 5.95 Å². The fourth-order valence-electron chi connectivity index (χ4n) is 4.71. The van der Waals surface area contributed by atoms with Crippen LogP contribution in [0.5, 0.6) is 5.75 Å². The third-order valence-corrected chi connectivity index (χ3v) is 6.48. The molecule has 33 heavy (non-hydrogen) atoms. The summed E-state index contributed by atoms with van der Waals surface area (Å²) in [5, 5.41) is 0. The number of benzene rings is 1. The summed E-state index contributed by atoms with van der Waals surface area (Å²) in [6, 6.07) is 9.98. The maximum absolute atomic E-state index is 13.5. The second-order valence-corrected chi connectivity index (χ2v) is 8.57. The minimum absolute atomic E-state index is 0.0671. The third kappa shape index (κ3) is 4.43. The van der Waals surface area contributed by atoms with Crippen molar-refractivity contribution < 1.29 is 13.9 Å². The van der Waals surface area contributed by atoms with Crippen molar-refractivity contribution in [2.24, 2.45) is 0 Å². The van der Waals surface area contributed by atoms with Crippen LogP contribution in [0.25, 0.3) is 0 Å². The zero-order valence-corrected chi connectivity index (χ0v) is 19.2. The van der Waals surface area contributed by atoms with Gasteiger partial charge in [0.1, 0.15) is 17.3 Å². The molecule has 4 heterocycles. The lowest BCUT2D eigenvalue weighted by atomic mass is 10.0. The normalized spacial score (nSPS) is 16.5. The zero-order valence-electron chi connectivity index (χ0n) is 19.2. The number of furan rings is 1. The molecule has 1 amide bonds. The van der Waals surface area contributed by atoms with Gasteiger partial charge in [-0.3, -0.25) is 9.69 Å². The molecule has 0 radical (unpaired) electrons. The van der Waals surface area contributed by atoms with E-state index in [0.29, 0.717) is 13.1 Å². The van der Waals surface area contributed by atoms with Crippen molar-refractivity contribution in [2.75, 3.05) is 44.7 Å². The van der Waals surface area contributed by atoms with Crippen LogP contribution in [0.1, 0.15) is 33.0 Å². The van der Waals surface area contributed by atoms with Gasteiger partial charge in [-0.2, -0.15) is 0 Å². The Morgan fingerprint density at radius 3 is 2.48 bits per heavy atom. The summed E-state index contributed by atoms with van der Waals surface area (Å²) < 4.78 is 11.3. The Bertz CT molecular complexity index is 1110. The molecular formula is C25H29N5O3. The van der Waals surface area contributed by atoms with Crippen molar-refractivity contribution in [1.29, 1.82) is 0 Å². The van der Waals surface area contributed by atoms with E-state index in [1.54, 1.807) is 19.5 Å². The number of anilines is 1. The molecule has 2 aliphatic rings. The van der Waals surface area contributed by atoms with E-state index in [2.05, 4.69) is 31.9 Å². The number of hydrogen-bond acceptors (Lipinski definition) is 7. The summed E-state index contributed by atoms with van der Waals surface area (Å²) in [4.78, 5) is 28.6. The minimum atomic E-state index is 0.0671. The number of rotatable bonds is 5. The van der Waals surface area contributed by atoms with E-state index in [0.717, 1.165) is 73.5 Å². The first-order valence-electron chi connectivity index (χ1n) is 11.4. The molecule has 0 N–H and O–H groups in total. The van der Waals surface area contributed by atoms with Crippen molar-refractivity contribution in [3.05, 3.63) is 70.9 Å². The van der Waals surface area contributed by atoms with E-state index in [-0.39, 0.29) is 5.91 Å². The summed E-state index contributed by atoms with van der Waals surface area (Å²) in [6.45, 7) is 7.10. The van der Waals surface area contributed by atoms with E-state index < -0.39 is 0 Å². The third-order valence-electron chi connectivity index (χ3n) is 6.48. The number of nitrogens with zero attached hydrogens (tertiary/aromatic N) is 5. The predicted molar refractivity (Wildman–Crippen MR) is 124 cm³/mol. The smallest absolute Gasteiger partial charge is 0.257 e. The number of fused-ring (bicyclic) bond motifs is 1. The average molecular weight is 448 g/mol. The summed E-state index contributed by atoms with van der Waals surface area (Å²) in [5.41, 5.74) is 3.02. The van der Waals surface area contributed by atoms with Gasteiger partial charge in [0.15, 0.2) is 0 Å². The topological polar surface area (TPSA) is 74.9 Å². The van der Waals surface area contributed by atoms with Gasteiger partial charge in [-0.15, -0.1) is 0 Å². The largest absolute Gasteiger partial charge is 0.497 e. The second kappa shape index (κ2) is 9.23. The van der Waals surface area contributed by atoms with Crippen LogP contribution in [-0.4, -0.2) is 65.5 Å². The molecule has 1 fully saturated rings. The average Bonchev–Trinajstić information content (AvgIpc) is 3.19. The van der Waals surface area contributed by atoms with Crippen molar-refractivity contribution in [1.82, 2.24) is 19.8 Å². The Morgan fingerprint density at radius 1 is 1.06 bits per heavy atom. The van der Waals surface area contributed by atoms with Crippen molar-refractivity contribution in [2.45, 2.75) is 26.4 Å². The van der Waals surface area contributed by atoms with Gasteiger partial charge in [-0.1, -0.05) is 12.1 Å². The molecule has 1 saturated heterocycles. The Labute approximate surface area is 193 Å². The number of carbonyl (C=O) groups is 1. The molecule has 2 aromatic heterocycles. The molecule has 3 aromatic rings. The number of carbonyl (C=O) groups excluding carboxylic acids is 1. The highest BCUT2D eigenvalue weighted by molar-refractivity contribution is 5.97. The van der Waals surface area contributed by atoms with Crippen LogP contribution in [0.2, 0.25) is 0 Å². The fourth-order valence-corrected chi connectivity index (χ4v) is 4.71. The summed E-state index contributed by atoms with van der Waals surface area (Å²) in [7, 11) is 1.68. The lowest BCUT2D eigenvalue weighted by molar-refractivity contribution is 0.0742. The zero-order chi connectivity index (χ0) is 22.8. The standard InChI is InChI=1S/C25H29N5O3/c1-18-23(24(31)29-12-14-30(15-13-29)25-26-9-3-10-27-25)21-17-28(11-8-22(21)33-18)16-19-4-6-20(32-2)7-5-19/h3-7,9-10H,8,11-17H2,1-2H3. The maximum Gasteiger partial charge on any atom is 0.257 e. The van der Waals surface area contributed by atoms with Crippen molar-refractivity contribution in [3.63, 3.8) is 0 Å². The number of aromatic nitrogens is 2. The van der Waals surface area contributed by atoms with E-state index in [9.17, 15) is 4.79 Å². The van der Waals surface area contributed by atoms with Gasteiger partial charge in [-0.25, -0.2) is 9.97 Å². The first kappa shape index (κ1) is 21.5. The number of ether oxygens (including phenoxy) is 1. The number of amides is 1. The monoisotopic (exact) mass is 447 g/mol. The van der Waals surface area contributed by atoms with Crippen LogP contribution in [0, 0.1) is 6.92 Å². The van der Waals surface area contributed by atoms with Crippen molar-refractivity contribution in [3.8, 4) is 5.75 Å². The Kier molecular flexibility index (Phi) is 6.00. The van der Waals surface area contributed by atoms with Crippen LogP contribution >= 0.6 is 0 Å². The Hall–Kier alpha value is -3.39. The van der Waals surface area contributed by atoms with E-state index in [1.165, 1.54) is 5.56 Å². The highest BCUT2D eigenvalue weighted by Gasteiger charge is 2.32. The molecule has 0 atom stereocenters. The van der Waals surface area contributed by atoms with Crippen LogP contribution in [-0.2, 0) is 19.5 Å². The molecule has 172 valence electrons. The Balaban J connectivity index is 1.27. The highest BCUT2D eigenvalue weighted by atomic mass is 16.5. The second-order valence-electron chi connectivity index (χ2n) is 8.57. The molecule has 8 heteroatoms. The molecule has 0 aliphatic carbocycles. The highest BCUT2D eigenvalue weighted by Crippen LogP contribution is 2.30. The molecule has 0 bridgehead atoms. The lowest BCUT2D eigenvalue weighted by Crippen LogP contribution is -2.49. The van der Waals surface area contributed by atoms with Gasteiger partial charge in [0.05, 0.1) is 12.7 Å². The van der Waals surface area contributed by atoms with Gasteiger partial charge >= 0.3 is 0 Å². The molecule has 8 nitrogen and oxygen atoms in total. The summed E-state index contributed by atoms with van der Waals surface area (Å²) in [6.07, 6.45) is 4.32. The van der Waals surface area contributed by atoms with Gasteiger partial charge in [0.2, 0.25) is 5.95 Å². The van der Waals surface area contributed by atoms with Crippen LogP contribution < -0.4 is 9.64 Å². The van der Waals surface area contributed by atoms with Gasteiger partial charge < -0.3 is 19.0 Å². The quantitative estimate of drug-likeness (QED) is 0.595. The Morgan fingerprint density at radius 2 is 1.79 bits per heavy atom. The molecule has 0 saturated carbocycles. The minimum Gasteiger partial charge on any atom is -0.497 e. The number of hydrogen-bond donors (Lipinski definition) is 0. The first-order valence-corrected chi connectivity index (χ1v) is 11.4. The maximum atomic E-state index is 13.5. The number of aryl methyl sites for hydroxylation is 1. The summed E-state index contributed by atoms with van der Waals surface area (Å²) >= 11 is 0. The molecule has 2 aliphatic heterocycles. The number of methoxy groups -OCH3 is 1. The molecule has 0 spiro atoms. The molecule has 0 unspecified atom stereocenters. The molecular weight excluding hydrogens is 418 g/mol. The molecule has 5 rings (SSSR count). The predicted octanol–water partition coefficient (Wildman–Crippen LogP) is 2.91. The molecule has 1 aromatic carbocycles. The van der Waals surface area contributed by atoms with Gasteiger partial charge in [0, 0.05) is 70.2 Å². The van der Waals surface area contributed by atoms with Gasteiger partial charge in [0.25, 0.3) is 5.91 Å². The van der Waals surface area contributed by atoms with E-state index >= 15 is 0 Å². The van der Waals surface area contributed by atoms with E-state index in [1.807, 2.05) is 30.0 Å².